The average Bonchev–Trinajstić information content (AvgIpc) is 2.91. The number of allylic oxidation sites excluding steroid dienone is 1. The minimum absolute atomic E-state index is 0.0996. The van der Waals surface area contributed by atoms with Gasteiger partial charge >= 0.3 is 0 Å². The number of nitrogens with one attached hydrogen (secondary N) is 1. The number of guanidine groups is 1. The van der Waals surface area contributed by atoms with Gasteiger partial charge in [-0.15, -0.1) is 0 Å². The van der Waals surface area contributed by atoms with Crippen LogP contribution in [0, 0.1) is 0 Å². The highest BCUT2D eigenvalue weighted by atomic mass is 16.3. The normalized spacial score (nSPS) is 28.9. The van der Waals surface area contributed by atoms with Crippen LogP contribution in [0.5, 0.6) is 0 Å². The number of aliphatic hydroxyl groups is 2. The monoisotopic (exact) mass is 277 g/mol. The molecule has 0 saturated carbocycles. The number of hydrogen-bond acceptors (Lipinski definition) is 7. The minimum Gasteiger partial charge on any atom is -0.388 e. The number of imidazole rings is 1. The van der Waals surface area contributed by atoms with E-state index >= 15 is 0 Å². The number of anilines is 1. The van der Waals surface area contributed by atoms with Crippen molar-refractivity contribution in [2.45, 2.75) is 31.7 Å². The number of carbonyl (C=O) groups is 1. The van der Waals surface area contributed by atoms with Crippen LogP contribution in [-0.4, -0.2) is 38.1 Å². The molecule has 0 aromatic carbocycles. The van der Waals surface area contributed by atoms with E-state index in [1.165, 1.54) is 0 Å². The first-order valence-electron chi connectivity index (χ1n) is 6.22. The van der Waals surface area contributed by atoms with Crippen molar-refractivity contribution in [2.75, 3.05) is 5.32 Å². The Balaban J connectivity index is 2.03. The predicted molar refractivity (Wildman–Crippen MR) is 70.9 cm³/mol. The average molecular weight is 277 g/mol. The Morgan fingerprint density at radius 2 is 2.30 bits per heavy atom. The van der Waals surface area contributed by atoms with Crippen molar-refractivity contribution in [2.24, 2.45) is 10.7 Å². The molecular formula is C12H15N5O3. The van der Waals surface area contributed by atoms with E-state index in [0.29, 0.717) is 29.8 Å². The zero-order chi connectivity index (χ0) is 14.4. The quantitative estimate of drug-likeness (QED) is 0.537. The minimum atomic E-state index is -1.10. The van der Waals surface area contributed by atoms with Gasteiger partial charge in [0.15, 0.2) is 12.2 Å². The summed E-state index contributed by atoms with van der Waals surface area (Å²) >= 11 is 0. The van der Waals surface area contributed by atoms with Gasteiger partial charge in [-0.2, -0.15) is 0 Å². The van der Waals surface area contributed by atoms with E-state index in [9.17, 15) is 15.0 Å². The first kappa shape index (κ1) is 12.8. The van der Waals surface area contributed by atoms with Crippen LogP contribution < -0.4 is 11.1 Å². The van der Waals surface area contributed by atoms with Gasteiger partial charge in [-0.05, 0) is 12.5 Å². The molecule has 2 aliphatic rings. The molecule has 2 heterocycles. The maximum Gasteiger partial charge on any atom is 0.197 e. The van der Waals surface area contributed by atoms with E-state index in [4.69, 9.17) is 5.73 Å². The molecule has 20 heavy (non-hydrogen) atoms. The molecular weight excluding hydrogens is 262 g/mol. The third kappa shape index (κ3) is 1.73. The van der Waals surface area contributed by atoms with Crippen molar-refractivity contribution in [3.05, 3.63) is 23.2 Å². The number of aromatic nitrogens is 2. The number of fused-ring (bicyclic) bond motifs is 1. The molecule has 1 aromatic rings. The van der Waals surface area contributed by atoms with E-state index < -0.39 is 12.3 Å². The largest absolute Gasteiger partial charge is 0.388 e. The number of nitrogens with zero attached hydrogens (tertiary/aromatic N) is 3. The van der Waals surface area contributed by atoms with Crippen LogP contribution in [-0.2, 0) is 4.79 Å². The predicted octanol–water partition coefficient (Wildman–Crippen LogP) is -0.565. The van der Waals surface area contributed by atoms with Crippen molar-refractivity contribution in [1.82, 2.24) is 9.55 Å². The van der Waals surface area contributed by atoms with Crippen molar-refractivity contribution in [1.29, 1.82) is 0 Å². The highest BCUT2D eigenvalue weighted by Crippen LogP contribution is 2.39. The molecule has 0 bridgehead atoms. The number of rotatable bonds is 2. The second-order valence-electron chi connectivity index (χ2n) is 4.92. The highest BCUT2D eigenvalue weighted by molar-refractivity contribution is 5.93. The van der Waals surface area contributed by atoms with Crippen molar-refractivity contribution in [3.8, 4) is 0 Å². The van der Waals surface area contributed by atoms with Gasteiger partial charge in [-0.3, -0.25) is 4.79 Å². The Labute approximate surface area is 114 Å². The Bertz CT molecular complexity index is 633. The fourth-order valence-electron chi connectivity index (χ4n) is 2.74. The lowest BCUT2D eigenvalue weighted by Crippen LogP contribution is -2.29. The van der Waals surface area contributed by atoms with Crippen molar-refractivity contribution >= 4 is 18.1 Å². The highest BCUT2D eigenvalue weighted by Gasteiger charge is 2.34. The van der Waals surface area contributed by atoms with Crippen LogP contribution in [0.2, 0.25) is 0 Å². The molecule has 1 aromatic heterocycles. The summed E-state index contributed by atoms with van der Waals surface area (Å²) in [6.45, 7) is 1.80. The lowest BCUT2D eigenvalue weighted by Gasteiger charge is -2.22. The Morgan fingerprint density at radius 3 is 2.95 bits per heavy atom. The molecule has 3 atom stereocenters. The van der Waals surface area contributed by atoms with Crippen LogP contribution in [0.25, 0.3) is 0 Å². The van der Waals surface area contributed by atoms with Crippen LogP contribution in [0.4, 0.5) is 5.82 Å². The number of hydrogen-bond donors (Lipinski definition) is 4. The first-order valence-corrected chi connectivity index (χ1v) is 6.22. The molecule has 0 radical (unpaired) electrons. The molecule has 106 valence electrons. The molecule has 3 rings (SSSR count). The smallest absolute Gasteiger partial charge is 0.197 e. The molecule has 1 aliphatic heterocycles. The topological polar surface area (TPSA) is 126 Å². The number of carbonyl (C=O) groups excluding carboxylic acids is 1. The Hall–Kier alpha value is -2.19. The van der Waals surface area contributed by atoms with Gasteiger partial charge in [-0.25, -0.2) is 9.98 Å². The first-order chi connectivity index (χ1) is 9.52. The summed E-state index contributed by atoms with van der Waals surface area (Å²) in [4.78, 5) is 18.9. The van der Waals surface area contributed by atoms with Crippen molar-refractivity contribution < 1.29 is 15.0 Å². The second-order valence-corrected chi connectivity index (χ2v) is 4.92. The number of aliphatic imine (C=N–C) groups is 1. The van der Waals surface area contributed by atoms with Gasteiger partial charge in [0.1, 0.15) is 17.8 Å². The van der Waals surface area contributed by atoms with Gasteiger partial charge in [0, 0.05) is 12.0 Å². The van der Waals surface area contributed by atoms with Gasteiger partial charge in [0.05, 0.1) is 18.5 Å². The molecule has 0 saturated heterocycles. The molecule has 5 N–H and O–H groups in total. The third-order valence-corrected chi connectivity index (χ3v) is 3.80. The molecule has 3 unspecified atom stereocenters. The maximum atomic E-state index is 11.0. The molecule has 0 spiro atoms. The SMILES string of the molecule is CC1=C(C=O)C(O)CC1n1cnc2c1NC(N)=NC2O. The molecule has 8 nitrogen and oxygen atoms in total. The van der Waals surface area contributed by atoms with E-state index in [1.54, 1.807) is 17.8 Å². The fourth-order valence-corrected chi connectivity index (χ4v) is 2.74. The van der Waals surface area contributed by atoms with Gasteiger partial charge in [-0.1, -0.05) is 0 Å². The lowest BCUT2D eigenvalue weighted by atomic mass is 10.1. The standard InChI is InChI=1S/C12H15N5O3/c1-5-6(3-18)8(19)2-7(5)17-4-14-9-10(17)15-12(13)16-11(9)20/h3-4,7-8,11,19-20H,2H2,1H3,(H3,13,15,16). The zero-order valence-electron chi connectivity index (χ0n) is 10.8. The van der Waals surface area contributed by atoms with Crippen LogP contribution in [0.1, 0.15) is 31.3 Å². The molecule has 0 amide bonds. The van der Waals surface area contributed by atoms with E-state index in [0.717, 1.165) is 5.57 Å². The molecule has 0 fully saturated rings. The van der Waals surface area contributed by atoms with Gasteiger partial charge < -0.3 is 25.8 Å². The lowest BCUT2D eigenvalue weighted by molar-refractivity contribution is -0.105. The van der Waals surface area contributed by atoms with E-state index in [1.807, 2.05) is 0 Å². The van der Waals surface area contributed by atoms with Gasteiger partial charge in [0.2, 0.25) is 0 Å². The Morgan fingerprint density at radius 1 is 1.55 bits per heavy atom. The summed E-state index contributed by atoms with van der Waals surface area (Å²) in [7, 11) is 0. The number of aldehydes is 1. The van der Waals surface area contributed by atoms with E-state index in [-0.39, 0.29) is 12.0 Å². The Kier molecular flexibility index (Phi) is 2.84. The summed E-state index contributed by atoms with van der Waals surface area (Å²) in [6.07, 6.45) is 0.728. The van der Waals surface area contributed by atoms with Crippen LogP contribution in [0.15, 0.2) is 22.5 Å². The van der Waals surface area contributed by atoms with Gasteiger partial charge in [0.25, 0.3) is 0 Å². The number of nitrogens with two attached hydrogens (primary N) is 1. The summed E-state index contributed by atoms with van der Waals surface area (Å²) in [5.74, 6) is 0.635. The van der Waals surface area contributed by atoms with Crippen LogP contribution >= 0.6 is 0 Å². The second kappa shape index (κ2) is 4.43. The van der Waals surface area contributed by atoms with Crippen molar-refractivity contribution in [3.63, 3.8) is 0 Å². The van der Waals surface area contributed by atoms with E-state index in [2.05, 4.69) is 15.3 Å². The summed E-state index contributed by atoms with van der Waals surface area (Å²) in [5.41, 5.74) is 7.16. The summed E-state index contributed by atoms with van der Waals surface area (Å²) in [5, 5.41) is 22.6. The zero-order valence-corrected chi connectivity index (χ0v) is 10.8. The molecule has 1 aliphatic carbocycles. The summed E-state index contributed by atoms with van der Waals surface area (Å²) in [6, 6.07) is -0.202. The maximum absolute atomic E-state index is 11.0. The fraction of sp³-hybridized carbons (Fsp3) is 0.417. The van der Waals surface area contributed by atoms with Crippen LogP contribution in [0.3, 0.4) is 0 Å². The molecule has 8 heteroatoms. The number of aliphatic hydroxyl groups excluding tert-OH is 2. The summed E-state index contributed by atoms with van der Waals surface area (Å²) < 4.78 is 1.76. The third-order valence-electron chi connectivity index (χ3n) is 3.80.